The van der Waals surface area contributed by atoms with Gasteiger partial charge in [0.1, 0.15) is 11.5 Å². The van der Waals surface area contributed by atoms with E-state index >= 15 is 0 Å². The number of likely N-dealkylation sites (tertiary alicyclic amines) is 1. The smallest absolute Gasteiger partial charge is 0.241 e. The van der Waals surface area contributed by atoms with Crippen LogP contribution in [0.3, 0.4) is 0 Å². The van der Waals surface area contributed by atoms with Gasteiger partial charge in [-0.05, 0) is 70.5 Å². The molecule has 1 aromatic carbocycles. The van der Waals surface area contributed by atoms with Crippen LogP contribution in [0, 0.1) is 5.92 Å². The second kappa shape index (κ2) is 10.7. The van der Waals surface area contributed by atoms with Crippen LogP contribution in [0.1, 0.15) is 26.7 Å². The lowest BCUT2D eigenvalue weighted by molar-refractivity contribution is -0.129. The van der Waals surface area contributed by atoms with E-state index in [1.54, 1.807) is 29.2 Å². The first-order chi connectivity index (χ1) is 12.3. The number of benzene rings is 1. The minimum Gasteiger partial charge on any atom is -0.491 e. The molecule has 0 unspecified atom stereocenters. The summed E-state index contributed by atoms with van der Waals surface area (Å²) in [6.45, 7) is 6.00. The number of carbonyl (C=O) groups is 1. The van der Waals surface area contributed by atoms with Crippen molar-refractivity contribution in [3.05, 3.63) is 24.3 Å². The van der Waals surface area contributed by atoms with Gasteiger partial charge in [0.25, 0.3) is 0 Å². The molecule has 7 nitrogen and oxygen atoms in total. The van der Waals surface area contributed by atoms with E-state index in [0.29, 0.717) is 30.4 Å². The summed E-state index contributed by atoms with van der Waals surface area (Å²) >= 11 is 0. The van der Waals surface area contributed by atoms with Crippen molar-refractivity contribution in [2.45, 2.75) is 32.8 Å². The molecule has 0 atom stereocenters. The molecule has 1 aliphatic rings. The predicted molar refractivity (Wildman–Crippen MR) is 110 cm³/mol. The lowest BCUT2D eigenvalue weighted by Gasteiger charge is -2.31. The molecular weight excluding hydrogens is 390 g/mol. The second-order valence-corrected chi connectivity index (χ2v) is 8.66. The molecule has 1 fully saturated rings. The maximum Gasteiger partial charge on any atom is 0.241 e. The Balaban J connectivity index is 0.00000364. The van der Waals surface area contributed by atoms with Gasteiger partial charge in [-0.1, -0.05) is 0 Å². The van der Waals surface area contributed by atoms with Gasteiger partial charge in [0.2, 0.25) is 15.9 Å². The fourth-order valence-electron chi connectivity index (χ4n) is 3.02. The fourth-order valence-corrected chi connectivity index (χ4v) is 4.09. The van der Waals surface area contributed by atoms with Gasteiger partial charge in [0, 0.05) is 18.8 Å². The molecule has 0 saturated carbocycles. The lowest BCUT2D eigenvalue weighted by Crippen LogP contribution is -2.43. The van der Waals surface area contributed by atoms with Crippen molar-refractivity contribution in [2.24, 2.45) is 5.92 Å². The second-order valence-electron chi connectivity index (χ2n) is 6.93. The van der Waals surface area contributed by atoms with Gasteiger partial charge >= 0.3 is 0 Å². The molecule has 9 heteroatoms. The van der Waals surface area contributed by atoms with Crippen molar-refractivity contribution < 1.29 is 17.9 Å². The summed E-state index contributed by atoms with van der Waals surface area (Å²) in [7, 11) is -1.82. The van der Waals surface area contributed by atoms with E-state index in [2.05, 4.69) is 10.0 Å². The average Bonchev–Trinajstić information content (AvgIpc) is 2.56. The molecule has 0 aliphatic carbocycles. The number of hydrogen-bond acceptors (Lipinski definition) is 5. The van der Waals surface area contributed by atoms with Gasteiger partial charge in [0.15, 0.2) is 0 Å². The van der Waals surface area contributed by atoms with Crippen molar-refractivity contribution in [3.8, 4) is 5.75 Å². The van der Waals surface area contributed by atoms with E-state index in [9.17, 15) is 13.2 Å². The highest BCUT2D eigenvalue weighted by Gasteiger charge is 2.26. The van der Waals surface area contributed by atoms with Crippen molar-refractivity contribution in [2.75, 3.05) is 37.2 Å². The first kappa shape index (κ1) is 23.5. The number of hydrogen-bond donors (Lipinski definition) is 2. The van der Waals surface area contributed by atoms with Crippen LogP contribution in [0.5, 0.6) is 5.75 Å². The third kappa shape index (κ3) is 7.94. The molecule has 1 amide bonds. The van der Waals surface area contributed by atoms with Crippen LogP contribution in [0.2, 0.25) is 0 Å². The van der Waals surface area contributed by atoms with Gasteiger partial charge in [-0.15, -0.1) is 12.4 Å². The maximum atomic E-state index is 12.3. The average molecular weight is 420 g/mol. The fraction of sp³-hybridized carbons (Fsp3) is 0.611. The molecule has 2 N–H and O–H groups in total. The number of amides is 1. The van der Waals surface area contributed by atoms with Crippen molar-refractivity contribution in [1.82, 2.24) is 10.2 Å². The van der Waals surface area contributed by atoms with Crippen molar-refractivity contribution >= 4 is 34.0 Å². The third-order valence-corrected chi connectivity index (χ3v) is 5.45. The molecule has 2 rings (SSSR count). The van der Waals surface area contributed by atoms with E-state index in [1.165, 1.54) is 0 Å². The molecule has 1 heterocycles. The van der Waals surface area contributed by atoms with Crippen LogP contribution < -0.4 is 14.8 Å². The number of halogens is 1. The number of ether oxygens (including phenoxy) is 1. The van der Waals surface area contributed by atoms with E-state index in [4.69, 9.17) is 4.74 Å². The van der Waals surface area contributed by atoms with E-state index < -0.39 is 15.8 Å². The molecule has 1 aliphatic heterocycles. The molecule has 1 saturated heterocycles. The predicted octanol–water partition coefficient (Wildman–Crippen LogP) is 2.10. The summed E-state index contributed by atoms with van der Waals surface area (Å²) in [6.07, 6.45) is 1.85. The van der Waals surface area contributed by atoms with Crippen molar-refractivity contribution in [1.29, 1.82) is 0 Å². The highest BCUT2D eigenvalue weighted by molar-refractivity contribution is 7.93. The van der Waals surface area contributed by atoms with Crippen LogP contribution >= 0.6 is 12.4 Å². The van der Waals surface area contributed by atoms with Crippen LogP contribution in [0.15, 0.2) is 24.3 Å². The number of piperidine rings is 1. The lowest BCUT2D eigenvalue weighted by atomic mass is 9.97. The summed E-state index contributed by atoms with van der Waals surface area (Å²) in [5.74, 6) is 0.336. The number of sulfonamides is 1. The summed E-state index contributed by atoms with van der Waals surface area (Å²) in [5, 5.41) is 3.14. The van der Waals surface area contributed by atoms with E-state index in [0.717, 1.165) is 19.4 Å². The first-order valence-electron chi connectivity index (χ1n) is 8.98. The quantitative estimate of drug-likeness (QED) is 0.673. The highest BCUT2D eigenvalue weighted by atomic mass is 35.5. The highest BCUT2D eigenvalue weighted by Crippen LogP contribution is 2.19. The Morgan fingerprint density at radius 1 is 1.22 bits per heavy atom. The monoisotopic (exact) mass is 419 g/mol. The molecule has 0 bridgehead atoms. The van der Waals surface area contributed by atoms with Crippen molar-refractivity contribution in [3.63, 3.8) is 0 Å². The van der Waals surface area contributed by atoms with Crippen LogP contribution in [0.4, 0.5) is 5.69 Å². The Kier molecular flexibility index (Phi) is 9.35. The summed E-state index contributed by atoms with van der Waals surface area (Å²) in [5.41, 5.74) is 0.418. The molecule has 0 spiro atoms. The van der Waals surface area contributed by atoms with Gasteiger partial charge in [0.05, 0.1) is 6.10 Å². The SMILES string of the molecule is CNCC1CCN(C(=O)CS(=O)(=O)Nc2ccc(OC(C)C)cc2)CC1.Cl. The number of anilines is 1. The number of nitrogens with zero attached hydrogens (tertiary/aromatic N) is 1. The topological polar surface area (TPSA) is 87.7 Å². The van der Waals surface area contributed by atoms with Gasteiger partial charge in [-0.3, -0.25) is 9.52 Å². The molecule has 0 radical (unpaired) electrons. The zero-order valence-electron chi connectivity index (χ0n) is 16.1. The summed E-state index contributed by atoms with van der Waals surface area (Å²) in [6, 6.07) is 6.66. The molecule has 1 aromatic rings. The molecule has 27 heavy (non-hydrogen) atoms. The Morgan fingerprint density at radius 3 is 2.33 bits per heavy atom. The normalized spacial score (nSPS) is 15.3. The maximum absolute atomic E-state index is 12.3. The largest absolute Gasteiger partial charge is 0.491 e. The zero-order valence-corrected chi connectivity index (χ0v) is 17.7. The Bertz CT molecular complexity index is 687. The van der Waals surface area contributed by atoms with Crippen LogP contribution in [-0.2, 0) is 14.8 Å². The van der Waals surface area contributed by atoms with Gasteiger partial charge in [-0.2, -0.15) is 0 Å². The minimum absolute atomic E-state index is 0. The first-order valence-corrected chi connectivity index (χ1v) is 10.6. The van der Waals surface area contributed by atoms with E-state index in [-0.39, 0.29) is 24.4 Å². The number of rotatable bonds is 8. The number of carbonyl (C=O) groups excluding carboxylic acids is 1. The standard InChI is InChI=1S/C18H29N3O4S.ClH/c1-14(2)25-17-6-4-16(5-7-17)20-26(23,24)13-18(22)21-10-8-15(9-11-21)12-19-3;/h4-7,14-15,19-20H,8-13H2,1-3H3;1H. The number of nitrogens with one attached hydrogen (secondary N) is 2. The minimum atomic E-state index is -3.74. The van der Waals surface area contributed by atoms with Gasteiger partial charge in [-0.25, -0.2) is 8.42 Å². The van der Waals surface area contributed by atoms with E-state index in [1.807, 2.05) is 20.9 Å². The summed E-state index contributed by atoms with van der Waals surface area (Å²) < 4.78 is 32.5. The Morgan fingerprint density at radius 2 is 1.81 bits per heavy atom. The third-order valence-electron chi connectivity index (χ3n) is 4.27. The Labute approximate surface area is 168 Å². The molecule has 0 aromatic heterocycles. The zero-order chi connectivity index (χ0) is 19.2. The Hall–Kier alpha value is -1.51. The molecular formula is C18H30ClN3O4S. The van der Waals surface area contributed by atoms with Crippen LogP contribution in [-0.4, -0.2) is 57.8 Å². The van der Waals surface area contributed by atoms with Gasteiger partial charge < -0.3 is 15.0 Å². The molecule has 154 valence electrons. The van der Waals surface area contributed by atoms with Crippen LogP contribution in [0.25, 0.3) is 0 Å². The summed E-state index contributed by atoms with van der Waals surface area (Å²) in [4.78, 5) is 14.0.